The van der Waals surface area contributed by atoms with Gasteiger partial charge in [-0.1, -0.05) is 171 Å². The van der Waals surface area contributed by atoms with E-state index in [1.807, 2.05) is 204 Å². The Labute approximate surface area is 471 Å². The zero-order valence-electron chi connectivity index (χ0n) is 46.2. The molecule has 0 spiro atoms. The number of hydrogen-bond acceptors (Lipinski definition) is 12. The van der Waals surface area contributed by atoms with Gasteiger partial charge in [0, 0.05) is 24.3 Å². The van der Waals surface area contributed by atoms with Gasteiger partial charge in [-0.3, -0.25) is 14.2 Å². The molecular formula is C67H62FN5O8. The lowest BCUT2D eigenvalue weighted by molar-refractivity contribution is -0.165. The van der Waals surface area contributed by atoms with Gasteiger partial charge >= 0.3 is 18.0 Å². The van der Waals surface area contributed by atoms with Crippen LogP contribution in [0.15, 0.2) is 188 Å². The number of nitrogens with zero attached hydrogens (tertiary/aromatic N) is 4. The molecule has 1 aliphatic rings. The molecule has 0 aliphatic carbocycles. The molecule has 1 aliphatic heterocycles. The molecule has 0 saturated carbocycles. The molecule has 410 valence electrons. The zero-order valence-corrected chi connectivity index (χ0v) is 46.2. The number of halogens is 1. The summed E-state index contributed by atoms with van der Waals surface area (Å²) in [4.78, 5) is 40.5. The van der Waals surface area contributed by atoms with Crippen molar-refractivity contribution in [3.8, 4) is 29.6 Å². The number of benzene rings is 7. The molecule has 2 aromatic heterocycles. The van der Waals surface area contributed by atoms with Gasteiger partial charge in [0.15, 0.2) is 22.6 Å². The summed E-state index contributed by atoms with van der Waals surface area (Å²) >= 11 is 0. The van der Waals surface area contributed by atoms with E-state index in [4.69, 9.17) is 39.8 Å². The van der Waals surface area contributed by atoms with Gasteiger partial charge in [-0.05, 0) is 88.7 Å². The standard InChI is InChI=1S/C67H62FN5O8/c1-9-65(42-78-58(75)41-64(5,6)59-45(3)38-44(2)39-55(59)79-46(4)74)56(80-67(50-26-18-12-19-27-50,51-28-20-13-21-29-51)52-32-36-54(77-8)37-33-52)40-57(81-65)73-43-69-60-61(70-63(68)71-62(60)73)72-66(47-22-14-10-15-23-47,48-24-16-11-17-25-48)49-30-34-53(76-7)35-31-49/h1,10-39,43,56-57H,40-42H2,2-8H3,(H,70,71,72)/t56-,57+,65+/m0/s1. The molecule has 81 heavy (non-hydrogen) atoms. The summed E-state index contributed by atoms with van der Waals surface area (Å²) < 4.78 is 56.2. The van der Waals surface area contributed by atoms with Gasteiger partial charge in [0.25, 0.3) is 0 Å². The van der Waals surface area contributed by atoms with Gasteiger partial charge in [-0.25, -0.2) is 4.98 Å². The van der Waals surface area contributed by atoms with E-state index < -0.39 is 59.1 Å². The van der Waals surface area contributed by atoms with Crippen molar-refractivity contribution in [2.24, 2.45) is 0 Å². The van der Waals surface area contributed by atoms with Crippen molar-refractivity contribution in [2.45, 2.75) is 81.9 Å². The summed E-state index contributed by atoms with van der Waals surface area (Å²) in [6.07, 6.45) is 5.01. The minimum absolute atomic E-state index is 0.0305. The fraction of sp³-hybridized carbons (Fsp3) is 0.239. The van der Waals surface area contributed by atoms with Crippen LogP contribution in [0, 0.1) is 32.3 Å². The third-order valence-electron chi connectivity index (χ3n) is 15.1. The van der Waals surface area contributed by atoms with Gasteiger partial charge < -0.3 is 33.7 Å². The van der Waals surface area contributed by atoms with Gasteiger partial charge in [-0.2, -0.15) is 14.4 Å². The van der Waals surface area contributed by atoms with E-state index in [-0.39, 0.29) is 29.8 Å². The second-order valence-corrected chi connectivity index (χ2v) is 20.9. The number of anilines is 1. The Balaban J connectivity index is 1.09. The van der Waals surface area contributed by atoms with Crippen LogP contribution >= 0.6 is 0 Å². The first-order valence-corrected chi connectivity index (χ1v) is 26.6. The number of imidazole rings is 1. The van der Waals surface area contributed by atoms with Crippen LogP contribution in [-0.2, 0) is 40.4 Å². The molecular weight excluding hydrogens is 1020 g/mol. The third-order valence-corrected chi connectivity index (χ3v) is 15.1. The highest BCUT2D eigenvalue weighted by molar-refractivity contribution is 5.84. The van der Waals surface area contributed by atoms with Crippen LogP contribution < -0.4 is 19.5 Å². The van der Waals surface area contributed by atoms with Crippen LogP contribution in [0.25, 0.3) is 11.2 Å². The Morgan fingerprint density at radius 2 is 1.25 bits per heavy atom. The van der Waals surface area contributed by atoms with Crippen molar-refractivity contribution < 1.29 is 42.4 Å². The predicted molar refractivity (Wildman–Crippen MR) is 307 cm³/mol. The lowest BCUT2D eigenvalue weighted by Crippen LogP contribution is -2.49. The van der Waals surface area contributed by atoms with E-state index in [0.29, 0.717) is 22.8 Å². The summed E-state index contributed by atoms with van der Waals surface area (Å²) in [5, 5.41) is 3.68. The molecule has 1 saturated heterocycles. The lowest BCUT2D eigenvalue weighted by Gasteiger charge is -2.41. The number of hydrogen-bond donors (Lipinski definition) is 1. The Hall–Kier alpha value is -9.16. The Kier molecular flexibility index (Phi) is 15.6. The van der Waals surface area contributed by atoms with E-state index in [9.17, 15) is 9.59 Å². The number of aryl methyl sites for hydroxylation is 2. The van der Waals surface area contributed by atoms with Crippen LogP contribution in [-0.4, -0.2) is 64.0 Å². The van der Waals surface area contributed by atoms with E-state index >= 15 is 4.39 Å². The molecule has 0 amide bonds. The molecule has 3 atom stereocenters. The van der Waals surface area contributed by atoms with Crippen molar-refractivity contribution >= 4 is 28.9 Å². The van der Waals surface area contributed by atoms with Crippen LogP contribution in [0.5, 0.6) is 17.2 Å². The minimum atomic E-state index is -1.80. The summed E-state index contributed by atoms with van der Waals surface area (Å²) in [5.74, 6) is 3.58. The van der Waals surface area contributed by atoms with Gasteiger partial charge in [0.1, 0.15) is 47.3 Å². The maximum atomic E-state index is 16.5. The number of aromatic nitrogens is 4. The molecule has 1 fully saturated rings. The second-order valence-electron chi connectivity index (χ2n) is 20.9. The van der Waals surface area contributed by atoms with Crippen LogP contribution in [0.2, 0.25) is 0 Å². The topological polar surface area (TPSA) is 145 Å². The largest absolute Gasteiger partial charge is 0.497 e. The first kappa shape index (κ1) is 55.2. The number of terminal acetylenes is 1. The summed E-state index contributed by atoms with van der Waals surface area (Å²) in [7, 11) is 3.21. The Morgan fingerprint density at radius 3 is 1.77 bits per heavy atom. The fourth-order valence-corrected chi connectivity index (χ4v) is 11.5. The number of carbonyl (C=O) groups is 2. The number of fused-ring (bicyclic) bond motifs is 1. The van der Waals surface area contributed by atoms with E-state index in [2.05, 4.69) is 21.2 Å². The first-order valence-electron chi connectivity index (χ1n) is 26.6. The maximum absolute atomic E-state index is 16.5. The van der Waals surface area contributed by atoms with Crippen LogP contribution in [0.1, 0.15) is 89.9 Å². The molecule has 9 aromatic rings. The average molecular weight is 1080 g/mol. The van der Waals surface area contributed by atoms with Crippen molar-refractivity contribution in [3.05, 3.63) is 244 Å². The molecule has 0 unspecified atom stereocenters. The highest BCUT2D eigenvalue weighted by Crippen LogP contribution is 2.50. The number of ether oxygens (including phenoxy) is 6. The number of methoxy groups -OCH3 is 2. The van der Waals surface area contributed by atoms with Crippen LogP contribution in [0.4, 0.5) is 10.2 Å². The van der Waals surface area contributed by atoms with Crippen LogP contribution in [0.3, 0.4) is 0 Å². The monoisotopic (exact) mass is 1080 g/mol. The average Bonchev–Trinajstić information content (AvgIpc) is 3.82. The fourth-order valence-electron chi connectivity index (χ4n) is 11.5. The van der Waals surface area contributed by atoms with Gasteiger partial charge in [0.2, 0.25) is 0 Å². The normalized spacial score (nSPS) is 16.3. The van der Waals surface area contributed by atoms with Crippen molar-refractivity contribution in [1.82, 2.24) is 19.5 Å². The first-order chi connectivity index (χ1) is 39.1. The molecule has 13 nitrogen and oxygen atoms in total. The highest BCUT2D eigenvalue weighted by atomic mass is 19.1. The lowest BCUT2D eigenvalue weighted by atomic mass is 9.77. The van der Waals surface area contributed by atoms with Crippen molar-refractivity contribution in [1.29, 1.82) is 0 Å². The summed E-state index contributed by atoms with van der Waals surface area (Å²) in [6.45, 7) is 8.48. The SMILES string of the molecule is C#C[C@]1(COC(=O)CC(C)(C)c2c(C)cc(C)cc2OC(C)=O)O[C@@H](n2cnc3c(NC(c4ccccc4)(c4ccccc4)c4ccc(OC)cc4)nc(F)nc32)C[C@@H]1OC(c1ccccc1)(c1ccccc1)c1ccc(OC)cc1. The Morgan fingerprint density at radius 1 is 0.741 bits per heavy atom. The van der Waals surface area contributed by atoms with Crippen molar-refractivity contribution in [3.63, 3.8) is 0 Å². The zero-order chi connectivity index (χ0) is 56.9. The quantitative estimate of drug-likeness (QED) is 0.0270. The molecule has 0 bridgehead atoms. The highest BCUT2D eigenvalue weighted by Gasteiger charge is 2.55. The number of nitrogens with one attached hydrogen (secondary N) is 1. The van der Waals surface area contributed by atoms with E-state index in [0.717, 1.165) is 44.5 Å². The molecule has 1 N–H and O–H groups in total. The van der Waals surface area contributed by atoms with E-state index in [1.54, 1.807) is 24.9 Å². The summed E-state index contributed by atoms with van der Waals surface area (Å²) in [5.41, 5.74) is 2.26. The number of esters is 2. The summed E-state index contributed by atoms with van der Waals surface area (Å²) in [6, 6.07) is 58.2. The van der Waals surface area contributed by atoms with Gasteiger partial charge in [-0.15, -0.1) is 6.42 Å². The maximum Gasteiger partial charge on any atom is 0.312 e. The molecule has 7 aromatic carbocycles. The second kappa shape index (κ2) is 22.9. The molecule has 10 rings (SSSR count). The molecule has 14 heteroatoms. The third kappa shape index (κ3) is 10.7. The number of rotatable bonds is 19. The smallest absolute Gasteiger partial charge is 0.312 e. The predicted octanol–water partition coefficient (Wildman–Crippen LogP) is 12.5. The Bertz CT molecular complexity index is 3640. The van der Waals surface area contributed by atoms with Gasteiger partial charge in [0.05, 0.1) is 27.0 Å². The minimum Gasteiger partial charge on any atom is -0.497 e. The number of carbonyl (C=O) groups excluding carboxylic acids is 2. The molecule has 3 heterocycles. The van der Waals surface area contributed by atoms with E-state index in [1.165, 1.54) is 13.3 Å². The van der Waals surface area contributed by atoms with Crippen molar-refractivity contribution in [2.75, 3.05) is 26.1 Å². The molecule has 0 radical (unpaired) electrons.